The number of nitrogens with zero attached hydrogens (tertiary/aromatic N) is 3. The zero-order chi connectivity index (χ0) is 83.5. The maximum Gasteiger partial charge on any atom is 1.00 e. The van der Waals surface area contributed by atoms with Crippen LogP contribution in [-0.2, 0) is 49.1 Å². The van der Waals surface area contributed by atoms with Crippen molar-refractivity contribution in [2.75, 3.05) is 18.8 Å². The van der Waals surface area contributed by atoms with E-state index in [0.717, 1.165) is 40.4 Å². The summed E-state index contributed by atoms with van der Waals surface area (Å²) in [4.78, 5) is 68.3. The number of carbonyl (C=O) groups is 5. The van der Waals surface area contributed by atoms with E-state index < -0.39 is 84.0 Å². The molecule has 5 N–H and O–H groups in total. The number of nitrogens with one attached hydrogen (secondary N) is 3. The predicted octanol–water partition coefficient (Wildman–Crippen LogP) is 11.5. The Balaban J connectivity index is 0.000000694. The number of ether oxygens (including phenoxy) is 1. The molecule has 10 rings (SSSR count). The molecule has 1 fully saturated rings. The molecule has 24 nitrogen and oxygen atoms in total. The third-order valence-corrected chi connectivity index (χ3v) is 23.3. The van der Waals surface area contributed by atoms with Gasteiger partial charge < -0.3 is 35.8 Å². The maximum absolute atomic E-state index is 13.1. The number of benzene rings is 6. The maximum atomic E-state index is 13.1. The summed E-state index contributed by atoms with van der Waals surface area (Å²) in [5.74, 6) is -3.80. The first-order chi connectivity index (χ1) is 50.8. The minimum absolute atomic E-state index is 0. The van der Waals surface area contributed by atoms with Crippen molar-refractivity contribution < 1.29 is 232 Å². The van der Waals surface area contributed by atoms with Gasteiger partial charge in [-0.25, -0.2) is 59.2 Å². The predicted molar refractivity (Wildman–Crippen MR) is 450 cm³/mol. The van der Waals surface area contributed by atoms with Crippen molar-refractivity contribution in [1.29, 1.82) is 0 Å². The second kappa shape index (κ2) is 48.5. The van der Waals surface area contributed by atoms with Crippen LogP contribution in [-0.4, -0.2) is 118 Å². The van der Waals surface area contributed by atoms with E-state index in [1.807, 2.05) is 41.9 Å². The Labute approximate surface area is 858 Å². The number of carboxylic acid groups (broad SMARTS) is 1. The summed E-state index contributed by atoms with van der Waals surface area (Å²) in [6.45, 7) is 11.2. The van der Waals surface area contributed by atoms with Gasteiger partial charge in [-0.15, -0.1) is 0 Å². The van der Waals surface area contributed by atoms with Gasteiger partial charge in [0, 0.05) is 86.9 Å². The Morgan fingerprint density at radius 3 is 1.26 bits per heavy atom. The SMILES string of the molecule is CC1(C)OB(c2cnc(F)c(Cl)c2)OC1(C)C.CS(=O)(=O)NC(=O)c1ccc(-c2cnc(F)c(Cl)c2)c(Br)c1.CS(=O)(=O)NC(=O)c1ccc(I)c(Br)c1.Cc1cc(Cl)cc(Cl)c1O.Cc1cc(Cl)cc(Cl)c1Oc1ncc(-c2ccc(C(=O)NS(C)(=O)=O)cc2Br)cc1Cl.O=C(O)c1ccc(I)c(Br)c1.O=CO[O-].[Cs+].[Cs+].[H-]. The number of pyridine rings is 3. The van der Waals surface area contributed by atoms with Crippen molar-refractivity contribution in [1.82, 2.24) is 29.1 Å². The molecule has 0 atom stereocenters. The normalized spacial score (nSPS) is 12.2. The van der Waals surface area contributed by atoms with Gasteiger partial charge in [0.1, 0.15) is 10.8 Å². The van der Waals surface area contributed by atoms with E-state index in [1.54, 1.807) is 92.8 Å². The first-order valence-electron chi connectivity index (χ1n) is 29.7. The van der Waals surface area contributed by atoms with E-state index in [-0.39, 0.29) is 184 Å². The van der Waals surface area contributed by atoms with E-state index in [2.05, 4.69) is 129 Å². The summed E-state index contributed by atoms with van der Waals surface area (Å²) in [5.41, 5.74) is 4.63. The molecule has 3 amide bonds. The van der Waals surface area contributed by atoms with Crippen LogP contribution in [0.4, 0.5) is 8.78 Å². The number of aromatic hydroxyl groups is 1. The number of phenolic OH excluding ortho intramolecular Hbond substituents is 1. The van der Waals surface area contributed by atoms with Gasteiger partial charge in [0.15, 0.2) is 5.75 Å². The number of phenols is 1. The zero-order valence-corrected chi connectivity index (χ0v) is 90.5. The molecule has 9 aromatic rings. The third kappa shape index (κ3) is 35.5. The molecule has 0 bridgehead atoms. The number of halogens is 15. The van der Waals surface area contributed by atoms with Gasteiger partial charge in [-0.05, 0) is 244 Å². The Kier molecular flexibility index (Phi) is 46.3. The fourth-order valence-corrected chi connectivity index (χ4v) is 13.9. The summed E-state index contributed by atoms with van der Waals surface area (Å²) >= 11 is 58.5. The second-order valence-electron chi connectivity index (χ2n) is 23.1. The van der Waals surface area contributed by atoms with Crippen LogP contribution in [0.25, 0.3) is 22.3 Å². The molecule has 3 aromatic heterocycles. The Hall–Kier alpha value is -1.11. The molecule has 0 aliphatic carbocycles. The van der Waals surface area contributed by atoms with Gasteiger partial charge in [0.2, 0.25) is 47.8 Å². The zero-order valence-electron chi connectivity index (χ0n) is 60.5. The minimum atomic E-state index is -3.66. The van der Waals surface area contributed by atoms with Gasteiger partial charge >= 0.3 is 151 Å². The monoisotopic (exact) mass is 2460 g/mol. The van der Waals surface area contributed by atoms with Crippen molar-refractivity contribution >= 4 is 263 Å². The molecule has 0 radical (unpaired) electrons. The molecule has 0 saturated carbocycles. The van der Waals surface area contributed by atoms with Crippen LogP contribution in [0.15, 0.2) is 152 Å². The third-order valence-electron chi connectivity index (χ3n) is 13.9. The molecule has 1 aliphatic heterocycles. The molecule has 1 saturated heterocycles. The summed E-state index contributed by atoms with van der Waals surface area (Å²) in [5, 5.41) is 27.9. The van der Waals surface area contributed by atoms with Gasteiger partial charge in [0.25, 0.3) is 24.2 Å². The number of hydrogen-bond donors (Lipinski definition) is 5. The van der Waals surface area contributed by atoms with Gasteiger partial charge in [-0.1, -0.05) is 125 Å². The standard InChI is InChI=1S/C20H14BrCl3N2O4S.C13H9BrClFN2O3S.C11H14BClFNO2.C8H7BrINO3S.C7H4BrIO2.C7H6Cl2O.CH2O3.2Cs.H/c1-10-5-13(22)8-16(23)18(10)30-20-17(24)7-12(9-25-20)14-4-3-11(6-15(14)21)19(27)26-31(2,28)29;1-22(20,21)18-13(19)7-2-3-9(10(14)4-7)8-5-11(15)12(16)17-6-8;1-10(2)11(3,4)17-12(16-10)7-5-8(13)9(14)15-6-7;1-15(13,14)11-8(12)5-2-3-7(10)6(9)4-5;8-5-3-4(7(10)11)1-2-6(5)9;1-4-2-5(8)3-6(9)7(4)10;2-1-4-3;;;/h3-9H,1-2H3,(H,26,27);2-6H,1H3,(H,18,19);5-6H,1-4H3;2-4H,1H3,(H,11,12);1-3H,(H,10,11);2-3,10H,1H3;1,3H;;;/q;;;;;;;2*+1;-1/p-1. The van der Waals surface area contributed by atoms with Crippen molar-refractivity contribution in [3.8, 4) is 39.6 Å². The first kappa shape index (κ1) is 107. The van der Waals surface area contributed by atoms with Crippen LogP contribution in [0.3, 0.4) is 0 Å². The number of aromatic nitrogens is 3. The van der Waals surface area contributed by atoms with Crippen molar-refractivity contribution in [2.24, 2.45) is 0 Å². The van der Waals surface area contributed by atoms with Crippen molar-refractivity contribution in [2.45, 2.75) is 52.7 Å². The van der Waals surface area contributed by atoms with Gasteiger partial charge in [0.05, 0.1) is 55.6 Å². The molecule has 1 aliphatic rings. The topological polar surface area (TPSA) is 363 Å². The average Bonchev–Trinajstić information content (AvgIpc) is 1.63. The number of amides is 3. The average molecular weight is 2470 g/mol. The fourth-order valence-electron chi connectivity index (χ4n) is 8.10. The quantitative estimate of drug-likeness (QED) is 0.0179. The number of rotatable bonds is 13. The molecule has 0 spiro atoms. The Morgan fingerprint density at radius 1 is 0.545 bits per heavy atom. The van der Waals surface area contributed by atoms with Gasteiger partial charge in [-0.2, -0.15) is 8.78 Å². The van der Waals surface area contributed by atoms with E-state index in [4.69, 9.17) is 116 Å². The molecule has 45 heteroatoms. The number of carbonyl (C=O) groups excluding carboxylic acids is 4. The van der Waals surface area contributed by atoms with E-state index in [1.165, 1.54) is 54.9 Å². The molecule has 0 unspecified atom stereocenters. The van der Waals surface area contributed by atoms with Crippen LogP contribution in [0.5, 0.6) is 17.4 Å². The molecule has 112 heavy (non-hydrogen) atoms. The number of sulfonamides is 3. The minimum Gasteiger partial charge on any atom is -1.00 e. The molecular weight excluding hydrogens is 2410 g/mol. The summed E-state index contributed by atoms with van der Waals surface area (Å²) < 4.78 is 120. The number of hydrogen-bond acceptors (Lipinski definition) is 20. The fraction of sp³-hybridized carbons (Fsp3) is 0.164. The Morgan fingerprint density at radius 2 is 0.902 bits per heavy atom. The van der Waals surface area contributed by atoms with Crippen LogP contribution in [0.1, 0.15) is 81.7 Å². The van der Waals surface area contributed by atoms with E-state index >= 15 is 0 Å². The summed E-state index contributed by atoms with van der Waals surface area (Å²) in [6.07, 6.45) is 6.97. The molecule has 590 valence electrons. The number of carboxylic acids is 1. The number of aromatic carboxylic acids is 1. The first-order valence-corrected chi connectivity index (χ1v) is 43.4. The summed E-state index contributed by atoms with van der Waals surface area (Å²) in [6, 6.07) is 29.9. The van der Waals surface area contributed by atoms with Crippen LogP contribution in [0, 0.1) is 32.9 Å². The van der Waals surface area contributed by atoms with Gasteiger partial charge in [-0.3, -0.25) is 19.2 Å². The Bertz CT molecular complexity index is 5280. The smallest absolute Gasteiger partial charge is 1.00 e. The molecule has 6 aromatic carbocycles. The second-order valence-corrected chi connectivity index (χ2v) is 37.0. The van der Waals surface area contributed by atoms with Crippen LogP contribution in [0.2, 0.25) is 35.2 Å². The molecular formula is C67H56BBr4Cl7Cs2F2I2N6O18S3. The van der Waals surface area contributed by atoms with Crippen molar-refractivity contribution in [3.05, 3.63) is 239 Å². The van der Waals surface area contributed by atoms with Crippen LogP contribution < -0.4 is 167 Å². The van der Waals surface area contributed by atoms with Crippen molar-refractivity contribution in [3.63, 3.8) is 0 Å². The van der Waals surface area contributed by atoms with Crippen LogP contribution >= 0.6 is 190 Å². The van der Waals surface area contributed by atoms with E-state index in [9.17, 15) is 53.2 Å². The van der Waals surface area contributed by atoms with E-state index in [0.29, 0.717) is 79.2 Å². The largest absolute Gasteiger partial charge is 1.00 e. The number of aryl methyl sites for hydroxylation is 2. The summed E-state index contributed by atoms with van der Waals surface area (Å²) in [7, 11) is -11.4. The molecule has 4 heterocycles.